The van der Waals surface area contributed by atoms with E-state index in [0.29, 0.717) is 17.4 Å². The topological polar surface area (TPSA) is 17.1 Å². The van der Waals surface area contributed by atoms with Crippen LogP contribution in [-0.4, -0.2) is 6.29 Å². The highest BCUT2D eigenvalue weighted by Gasteiger charge is 2.11. The van der Waals surface area contributed by atoms with Crippen LogP contribution in [0.5, 0.6) is 0 Å². The molecular weight excluding hydrogens is 353 g/mol. The summed E-state index contributed by atoms with van der Waals surface area (Å²) in [7, 11) is 0. The summed E-state index contributed by atoms with van der Waals surface area (Å²) in [6, 6.07) is 10.0. The van der Waals surface area contributed by atoms with E-state index >= 15 is 0 Å². The van der Waals surface area contributed by atoms with Crippen molar-refractivity contribution in [2.45, 2.75) is 0 Å². The first-order valence-electron chi connectivity index (χ1n) is 4.82. The predicted octanol–water partition coefficient (Wildman–Crippen LogP) is 4.56. The molecule has 2 aromatic rings. The van der Waals surface area contributed by atoms with Crippen LogP contribution in [0.3, 0.4) is 0 Å². The zero-order valence-electron chi connectivity index (χ0n) is 8.58. The Labute approximate surface area is 117 Å². The summed E-state index contributed by atoms with van der Waals surface area (Å²) >= 11 is 7.88. The molecule has 2 rings (SSSR count). The van der Waals surface area contributed by atoms with Gasteiger partial charge in [0.1, 0.15) is 5.82 Å². The molecule has 2 aromatic carbocycles. The molecule has 0 amide bonds. The Morgan fingerprint density at radius 1 is 1.18 bits per heavy atom. The molecule has 0 aliphatic rings. The van der Waals surface area contributed by atoms with Crippen molar-refractivity contribution in [1.29, 1.82) is 0 Å². The maximum Gasteiger partial charge on any atom is 0.151 e. The molecular formula is C13H7ClFIO. The Hall–Kier alpha value is -0.940. The van der Waals surface area contributed by atoms with Crippen LogP contribution in [0.1, 0.15) is 10.4 Å². The van der Waals surface area contributed by atoms with Crippen LogP contribution < -0.4 is 0 Å². The SMILES string of the molecule is O=Cc1cc(-c2ccccc2I)c(F)cc1Cl. The Bertz CT molecular complexity index is 584. The first kappa shape index (κ1) is 12.5. The van der Waals surface area contributed by atoms with E-state index in [-0.39, 0.29) is 5.02 Å². The van der Waals surface area contributed by atoms with Crippen LogP contribution in [-0.2, 0) is 0 Å². The Morgan fingerprint density at radius 2 is 1.88 bits per heavy atom. The van der Waals surface area contributed by atoms with Gasteiger partial charge in [0.2, 0.25) is 0 Å². The molecule has 86 valence electrons. The van der Waals surface area contributed by atoms with Gasteiger partial charge in [0.05, 0.1) is 5.02 Å². The Morgan fingerprint density at radius 3 is 2.53 bits per heavy atom. The van der Waals surface area contributed by atoms with Gasteiger partial charge in [0, 0.05) is 14.7 Å². The van der Waals surface area contributed by atoms with Crippen molar-refractivity contribution in [1.82, 2.24) is 0 Å². The second-order valence-electron chi connectivity index (χ2n) is 3.45. The third kappa shape index (κ3) is 2.50. The van der Waals surface area contributed by atoms with Crippen molar-refractivity contribution in [2.75, 3.05) is 0 Å². The third-order valence-electron chi connectivity index (χ3n) is 2.38. The van der Waals surface area contributed by atoms with Gasteiger partial charge < -0.3 is 0 Å². The molecule has 0 heterocycles. The molecule has 0 atom stereocenters. The number of hydrogen-bond donors (Lipinski definition) is 0. The van der Waals surface area contributed by atoms with E-state index in [2.05, 4.69) is 22.6 Å². The first-order chi connectivity index (χ1) is 8.13. The van der Waals surface area contributed by atoms with Gasteiger partial charge in [-0.3, -0.25) is 4.79 Å². The van der Waals surface area contributed by atoms with E-state index in [1.807, 2.05) is 24.3 Å². The fourth-order valence-corrected chi connectivity index (χ4v) is 2.41. The maximum atomic E-state index is 13.8. The van der Waals surface area contributed by atoms with Crippen LogP contribution in [0, 0.1) is 9.39 Å². The van der Waals surface area contributed by atoms with Crippen LogP contribution in [0.2, 0.25) is 5.02 Å². The smallest absolute Gasteiger partial charge is 0.151 e. The minimum atomic E-state index is -0.426. The van der Waals surface area contributed by atoms with E-state index in [4.69, 9.17) is 11.6 Å². The number of rotatable bonds is 2. The van der Waals surface area contributed by atoms with Crippen LogP contribution in [0.25, 0.3) is 11.1 Å². The summed E-state index contributed by atoms with van der Waals surface area (Å²) in [5.41, 5.74) is 1.44. The molecule has 17 heavy (non-hydrogen) atoms. The van der Waals surface area contributed by atoms with E-state index in [0.717, 1.165) is 9.13 Å². The van der Waals surface area contributed by atoms with Gasteiger partial charge in [0.15, 0.2) is 6.29 Å². The van der Waals surface area contributed by atoms with Gasteiger partial charge in [0.25, 0.3) is 0 Å². The number of hydrogen-bond acceptors (Lipinski definition) is 1. The average Bonchev–Trinajstić information content (AvgIpc) is 2.31. The highest BCUT2D eigenvalue weighted by molar-refractivity contribution is 14.1. The summed E-state index contributed by atoms with van der Waals surface area (Å²) in [6.45, 7) is 0. The van der Waals surface area contributed by atoms with Gasteiger partial charge in [-0.15, -0.1) is 0 Å². The average molecular weight is 361 g/mol. The molecule has 0 aliphatic carbocycles. The summed E-state index contributed by atoms with van der Waals surface area (Å²) in [5, 5.41) is 0.132. The lowest BCUT2D eigenvalue weighted by Gasteiger charge is -2.07. The standard InChI is InChI=1S/C13H7ClFIO/c14-11-6-12(15)10(5-8(11)7-17)9-3-1-2-4-13(9)16/h1-7H. The highest BCUT2D eigenvalue weighted by Crippen LogP contribution is 2.30. The largest absolute Gasteiger partial charge is 0.298 e. The summed E-state index contributed by atoms with van der Waals surface area (Å²) in [5.74, 6) is -0.426. The Kier molecular flexibility index (Phi) is 3.79. The normalized spacial score (nSPS) is 10.3. The fraction of sp³-hybridized carbons (Fsp3) is 0. The first-order valence-corrected chi connectivity index (χ1v) is 6.28. The second-order valence-corrected chi connectivity index (χ2v) is 5.02. The van der Waals surface area contributed by atoms with Gasteiger partial charge in [-0.05, 0) is 46.4 Å². The second kappa shape index (κ2) is 5.14. The minimum Gasteiger partial charge on any atom is -0.298 e. The molecule has 0 spiro atoms. The lowest BCUT2D eigenvalue weighted by Crippen LogP contribution is -1.91. The van der Waals surface area contributed by atoms with E-state index < -0.39 is 5.82 Å². The lowest BCUT2D eigenvalue weighted by atomic mass is 10.0. The number of aldehydes is 1. The van der Waals surface area contributed by atoms with Crippen molar-refractivity contribution < 1.29 is 9.18 Å². The molecule has 0 saturated carbocycles. The number of halogens is 3. The lowest BCUT2D eigenvalue weighted by molar-refractivity contribution is 0.112. The molecule has 0 N–H and O–H groups in total. The Balaban J connectivity index is 2.68. The molecule has 0 bridgehead atoms. The number of carbonyl (C=O) groups excluding carboxylic acids is 1. The molecule has 0 aliphatic heterocycles. The summed E-state index contributed by atoms with van der Waals surface area (Å²) in [4.78, 5) is 10.8. The molecule has 0 unspecified atom stereocenters. The third-order valence-corrected chi connectivity index (χ3v) is 3.65. The van der Waals surface area contributed by atoms with Crippen LogP contribution in [0.15, 0.2) is 36.4 Å². The van der Waals surface area contributed by atoms with Crippen LogP contribution >= 0.6 is 34.2 Å². The number of benzene rings is 2. The highest BCUT2D eigenvalue weighted by atomic mass is 127. The summed E-state index contributed by atoms with van der Waals surface area (Å²) in [6.07, 6.45) is 0.626. The quantitative estimate of drug-likeness (QED) is 0.567. The van der Waals surface area contributed by atoms with Gasteiger partial charge in [-0.25, -0.2) is 4.39 Å². The van der Waals surface area contributed by atoms with E-state index in [1.165, 1.54) is 12.1 Å². The van der Waals surface area contributed by atoms with Gasteiger partial charge in [-0.1, -0.05) is 29.8 Å². The fourth-order valence-electron chi connectivity index (χ4n) is 1.54. The van der Waals surface area contributed by atoms with Gasteiger partial charge in [-0.2, -0.15) is 0 Å². The van der Waals surface area contributed by atoms with Crippen molar-refractivity contribution in [2.24, 2.45) is 0 Å². The molecule has 0 fully saturated rings. The van der Waals surface area contributed by atoms with E-state index in [1.54, 1.807) is 0 Å². The maximum absolute atomic E-state index is 13.8. The number of carbonyl (C=O) groups is 1. The van der Waals surface area contributed by atoms with E-state index in [9.17, 15) is 9.18 Å². The zero-order valence-corrected chi connectivity index (χ0v) is 11.5. The molecule has 0 saturated heterocycles. The van der Waals surface area contributed by atoms with Gasteiger partial charge >= 0.3 is 0 Å². The van der Waals surface area contributed by atoms with Crippen molar-refractivity contribution in [3.8, 4) is 11.1 Å². The zero-order chi connectivity index (χ0) is 12.4. The van der Waals surface area contributed by atoms with Crippen molar-refractivity contribution in [3.63, 3.8) is 0 Å². The molecule has 0 radical (unpaired) electrons. The monoisotopic (exact) mass is 360 g/mol. The predicted molar refractivity (Wildman–Crippen MR) is 75.0 cm³/mol. The summed E-state index contributed by atoms with van der Waals surface area (Å²) < 4.78 is 14.7. The molecule has 0 aromatic heterocycles. The molecule has 1 nitrogen and oxygen atoms in total. The minimum absolute atomic E-state index is 0.132. The van der Waals surface area contributed by atoms with Crippen molar-refractivity contribution in [3.05, 3.63) is 56.4 Å². The molecule has 4 heteroatoms. The van der Waals surface area contributed by atoms with Crippen LogP contribution in [0.4, 0.5) is 4.39 Å². The van der Waals surface area contributed by atoms with Crippen molar-refractivity contribution >= 4 is 40.5 Å².